The zero-order chi connectivity index (χ0) is 11.3. The second-order valence-electron chi connectivity index (χ2n) is 4.03. The average Bonchev–Trinajstić information content (AvgIpc) is 2.29. The molecule has 0 amide bonds. The van der Waals surface area contributed by atoms with E-state index in [4.69, 9.17) is 14.2 Å². The zero-order valence-corrected chi connectivity index (χ0v) is 10.2. The van der Waals surface area contributed by atoms with Crippen LogP contribution in [0.4, 0.5) is 0 Å². The first kappa shape index (κ1) is 12.9. The second-order valence-corrected chi connectivity index (χ2v) is 4.03. The molecule has 0 aromatic heterocycles. The molecule has 90 valence electrons. The Bertz CT molecular complexity index is 181. The van der Waals surface area contributed by atoms with Gasteiger partial charge in [0.1, 0.15) is 5.60 Å². The smallest absolute Gasteiger partial charge is 0.154 e. The monoisotopic (exact) mass is 217 g/mol. The first-order chi connectivity index (χ1) is 7.14. The third-order valence-electron chi connectivity index (χ3n) is 3.16. The molecule has 0 aromatic rings. The molecule has 1 fully saturated rings. The van der Waals surface area contributed by atoms with Crippen LogP contribution < -0.4 is 5.32 Å². The van der Waals surface area contributed by atoms with E-state index in [1.54, 1.807) is 7.11 Å². The standard InChI is InChI=1S/C11H23NO3/c1-5-11(8-12-6-7-14-11)9(2)15-10(3)13-4/h9-10,12H,5-8H2,1-4H3. The molecular weight excluding hydrogens is 194 g/mol. The summed E-state index contributed by atoms with van der Waals surface area (Å²) in [5, 5.41) is 3.35. The van der Waals surface area contributed by atoms with Crippen LogP contribution in [0, 0.1) is 0 Å². The Morgan fingerprint density at radius 1 is 1.47 bits per heavy atom. The van der Waals surface area contributed by atoms with E-state index < -0.39 is 0 Å². The molecule has 1 saturated heterocycles. The summed E-state index contributed by atoms with van der Waals surface area (Å²) in [5.74, 6) is 0. The van der Waals surface area contributed by atoms with Gasteiger partial charge in [0.05, 0.1) is 12.7 Å². The summed E-state index contributed by atoms with van der Waals surface area (Å²) in [6, 6.07) is 0. The van der Waals surface area contributed by atoms with Gasteiger partial charge >= 0.3 is 0 Å². The molecule has 0 aromatic carbocycles. The lowest BCUT2D eigenvalue weighted by Gasteiger charge is -2.42. The van der Waals surface area contributed by atoms with Crippen LogP contribution in [-0.4, -0.2) is 44.8 Å². The Morgan fingerprint density at radius 2 is 2.20 bits per heavy atom. The average molecular weight is 217 g/mol. The molecule has 0 bridgehead atoms. The van der Waals surface area contributed by atoms with Crippen molar-refractivity contribution in [1.29, 1.82) is 0 Å². The molecular formula is C11H23NO3. The van der Waals surface area contributed by atoms with Crippen LogP contribution in [0.1, 0.15) is 27.2 Å². The van der Waals surface area contributed by atoms with E-state index in [-0.39, 0.29) is 18.0 Å². The van der Waals surface area contributed by atoms with E-state index in [1.165, 1.54) is 0 Å². The fraction of sp³-hybridized carbons (Fsp3) is 1.00. The Hall–Kier alpha value is -0.160. The number of methoxy groups -OCH3 is 1. The van der Waals surface area contributed by atoms with E-state index in [0.717, 1.165) is 26.1 Å². The Morgan fingerprint density at radius 3 is 2.67 bits per heavy atom. The van der Waals surface area contributed by atoms with E-state index in [0.29, 0.717) is 0 Å². The Kier molecular flexibility index (Phi) is 4.99. The van der Waals surface area contributed by atoms with Gasteiger partial charge in [-0.3, -0.25) is 0 Å². The van der Waals surface area contributed by atoms with Crippen molar-refractivity contribution in [2.24, 2.45) is 0 Å². The van der Waals surface area contributed by atoms with Crippen LogP contribution >= 0.6 is 0 Å². The summed E-state index contributed by atoms with van der Waals surface area (Å²) < 4.78 is 16.7. The molecule has 1 rings (SSSR count). The third kappa shape index (κ3) is 3.14. The number of hydrogen-bond donors (Lipinski definition) is 1. The number of morpholine rings is 1. The van der Waals surface area contributed by atoms with Gasteiger partial charge in [-0.25, -0.2) is 0 Å². The van der Waals surface area contributed by atoms with Crippen molar-refractivity contribution < 1.29 is 14.2 Å². The highest BCUT2D eigenvalue weighted by Crippen LogP contribution is 2.25. The molecule has 1 aliphatic heterocycles. The maximum atomic E-state index is 5.88. The molecule has 0 aliphatic carbocycles. The molecule has 3 atom stereocenters. The number of rotatable bonds is 5. The molecule has 4 nitrogen and oxygen atoms in total. The topological polar surface area (TPSA) is 39.7 Å². The first-order valence-electron chi connectivity index (χ1n) is 5.67. The zero-order valence-electron chi connectivity index (χ0n) is 10.2. The predicted molar refractivity (Wildman–Crippen MR) is 58.9 cm³/mol. The van der Waals surface area contributed by atoms with Gasteiger partial charge < -0.3 is 19.5 Å². The van der Waals surface area contributed by atoms with Crippen LogP contribution in [0.5, 0.6) is 0 Å². The van der Waals surface area contributed by atoms with Crippen molar-refractivity contribution in [3.63, 3.8) is 0 Å². The van der Waals surface area contributed by atoms with Gasteiger partial charge in [0.15, 0.2) is 6.29 Å². The van der Waals surface area contributed by atoms with Gasteiger partial charge in [-0.1, -0.05) is 6.92 Å². The van der Waals surface area contributed by atoms with Gasteiger partial charge in [0.2, 0.25) is 0 Å². The molecule has 15 heavy (non-hydrogen) atoms. The maximum Gasteiger partial charge on any atom is 0.154 e. The largest absolute Gasteiger partial charge is 0.370 e. The van der Waals surface area contributed by atoms with E-state index in [1.807, 2.05) is 13.8 Å². The van der Waals surface area contributed by atoms with Crippen LogP contribution in [0.3, 0.4) is 0 Å². The van der Waals surface area contributed by atoms with Crippen molar-refractivity contribution >= 4 is 0 Å². The molecule has 0 saturated carbocycles. The predicted octanol–water partition coefficient (Wildman–Crippen LogP) is 1.15. The second kappa shape index (κ2) is 5.80. The van der Waals surface area contributed by atoms with Crippen molar-refractivity contribution in [1.82, 2.24) is 5.32 Å². The van der Waals surface area contributed by atoms with Gasteiger partial charge in [0.25, 0.3) is 0 Å². The van der Waals surface area contributed by atoms with Gasteiger partial charge in [-0.15, -0.1) is 0 Å². The van der Waals surface area contributed by atoms with Crippen molar-refractivity contribution in [3.05, 3.63) is 0 Å². The van der Waals surface area contributed by atoms with Crippen molar-refractivity contribution in [2.75, 3.05) is 26.8 Å². The minimum atomic E-state index is -0.203. The summed E-state index contributed by atoms with van der Waals surface area (Å²) in [4.78, 5) is 0. The molecule has 0 spiro atoms. The third-order valence-corrected chi connectivity index (χ3v) is 3.16. The highest BCUT2D eigenvalue weighted by molar-refractivity contribution is 4.90. The van der Waals surface area contributed by atoms with Gasteiger partial charge in [-0.05, 0) is 20.3 Å². The SMILES string of the molecule is CCC1(C(C)OC(C)OC)CNCCO1. The quantitative estimate of drug-likeness (QED) is 0.701. The molecule has 1 aliphatic rings. The lowest BCUT2D eigenvalue weighted by molar-refractivity contribution is -0.214. The van der Waals surface area contributed by atoms with Gasteiger partial charge in [0, 0.05) is 20.2 Å². The van der Waals surface area contributed by atoms with Crippen LogP contribution in [0.25, 0.3) is 0 Å². The van der Waals surface area contributed by atoms with Gasteiger partial charge in [-0.2, -0.15) is 0 Å². The number of hydrogen-bond acceptors (Lipinski definition) is 4. The summed E-state index contributed by atoms with van der Waals surface area (Å²) in [6.45, 7) is 8.60. The highest BCUT2D eigenvalue weighted by atomic mass is 16.7. The molecule has 1 N–H and O–H groups in total. The van der Waals surface area contributed by atoms with Crippen LogP contribution in [-0.2, 0) is 14.2 Å². The fourth-order valence-electron chi connectivity index (χ4n) is 1.92. The lowest BCUT2D eigenvalue weighted by atomic mass is 9.93. The molecule has 4 heteroatoms. The Labute approximate surface area is 92.3 Å². The summed E-state index contributed by atoms with van der Waals surface area (Å²) in [6.07, 6.45) is 0.789. The van der Waals surface area contributed by atoms with E-state index >= 15 is 0 Å². The molecule has 1 heterocycles. The minimum absolute atomic E-state index is 0.0326. The summed E-state index contributed by atoms with van der Waals surface area (Å²) >= 11 is 0. The molecule has 0 radical (unpaired) electrons. The number of ether oxygens (including phenoxy) is 3. The van der Waals surface area contributed by atoms with Crippen LogP contribution in [0.2, 0.25) is 0 Å². The van der Waals surface area contributed by atoms with Crippen molar-refractivity contribution in [2.45, 2.75) is 45.2 Å². The van der Waals surface area contributed by atoms with E-state index in [2.05, 4.69) is 12.2 Å². The minimum Gasteiger partial charge on any atom is -0.370 e. The summed E-state index contributed by atoms with van der Waals surface area (Å²) in [7, 11) is 1.65. The highest BCUT2D eigenvalue weighted by Gasteiger charge is 2.38. The number of nitrogens with one attached hydrogen (secondary N) is 1. The van der Waals surface area contributed by atoms with Crippen molar-refractivity contribution in [3.8, 4) is 0 Å². The van der Waals surface area contributed by atoms with Crippen LogP contribution in [0.15, 0.2) is 0 Å². The summed E-state index contributed by atoms with van der Waals surface area (Å²) in [5.41, 5.74) is -0.203. The Balaban J connectivity index is 2.55. The normalized spacial score (nSPS) is 31.2. The lowest BCUT2D eigenvalue weighted by Crippen LogP contribution is -2.57. The fourth-order valence-corrected chi connectivity index (χ4v) is 1.92. The van der Waals surface area contributed by atoms with E-state index in [9.17, 15) is 0 Å². The first-order valence-corrected chi connectivity index (χ1v) is 5.67. The maximum absolute atomic E-state index is 5.88. The molecule has 3 unspecified atom stereocenters.